The van der Waals surface area contributed by atoms with Crippen molar-refractivity contribution >= 4 is 11.6 Å². The maximum atomic E-state index is 12.3. The van der Waals surface area contributed by atoms with Gasteiger partial charge in [0, 0.05) is 6.20 Å². The molecule has 0 saturated heterocycles. The molecule has 0 aliphatic heterocycles. The van der Waals surface area contributed by atoms with E-state index >= 15 is 0 Å². The number of nitrogens with zero attached hydrogens (tertiary/aromatic N) is 2. The van der Waals surface area contributed by atoms with Crippen LogP contribution in [0.5, 0.6) is 0 Å². The van der Waals surface area contributed by atoms with Crippen molar-refractivity contribution in [2.75, 3.05) is 6.61 Å². The number of imidazole rings is 1. The van der Waals surface area contributed by atoms with E-state index in [2.05, 4.69) is 10.3 Å². The average Bonchev–Trinajstić information content (AvgIpc) is 2.73. The molecule has 2 heterocycles. The largest absolute Gasteiger partial charge is 0.394 e. The molecule has 5 nitrogen and oxygen atoms in total. The molecule has 102 valence electrons. The first-order chi connectivity index (χ1) is 9.08. The first-order valence-corrected chi connectivity index (χ1v) is 6.44. The van der Waals surface area contributed by atoms with Crippen LogP contribution in [0.1, 0.15) is 35.1 Å². The van der Waals surface area contributed by atoms with E-state index < -0.39 is 0 Å². The van der Waals surface area contributed by atoms with Crippen LogP contribution < -0.4 is 5.32 Å². The lowest BCUT2D eigenvalue weighted by atomic mass is 10.2. The first-order valence-electron chi connectivity index (χ1n) is 6.44. The molecular weight excluding hydrogens is 242 g/mol. The van der Waals surface area contributed by atoms with Crippen molar-refractivity contribution in [1.82, 2.24) is 14.7 Å². The average molecular weight is 261 g/mol. The van der Waals surface area contributed by atoms with Gasteiger partial charge in [0.1, 0.15) is 11.3 Å². The van der Waals surface area contributed by atoms with Crippen LogP contribution in [0.15, 0.2) is 18.3 Å². The van der Waals surface area contributed by atoms with Crippen LogP contribution in [0.4, 0.5) is 0 Å². The number of fused-ring (bicyclic) bond motifs is 1. The second-order valence-electron chi connectivity index (χ2n) is 4.69. The van der Waals surface area contributed by atoms with Crippen molar-refractivity contribution in [1.29, 1.82) is 0 Å². The highest BCUT2D eigenvalue weighted by Gasteiger charge is 2.19. The van der Waals surface area contributed by atoms with Gasteiger partial charge < -0.3 is 10.4 Å². The molecule has 0 spiro atoms. The van der Waals surface area contributed by atoms with Crippen LogP contribution in [0.2, 0.25) is 0 Å². The van der Waals surface area contributed by atoms with Crippen molar-refractivity contribution in [3.8, 4) is 0 Å². The zero-order valence-corrected chi connectivity index (χ0v) is 11.5. The number of aryl methyl sites for hydroxylation is 2. The van der Waals surface area contributed by atoms with E-state index in [1.807, 2.05) is 39.1 Å². The molecule has 0 radical (unpaired) electrons. The minimum absolute atomic E-state index is 0.0585. The van der Waals surface area contributed by atoms with Crippen LogP contribution >= 0.6 is 0 Å². The molecule has 0 bridgehead atoms. The van der Waals surface area contributed by atoms with Crippen LogP contribution in [-0.4, -0.2) is 33.0 Å². The minimum Gasteiger partial charge on any atom is -0.394 e. The Morgan fingerprint density at radius 2 is 2.26 bits per heavy atom. The van der Waals surface area contributed by atoms with Gasteiger partial charge in [-0.3, -0.25) is 9.20 Å². The predicted molar refractivity (Wildman–Crippen MR) is 73.3 cm³/mol. The Morgan fingerprint density at radius 3 is 2.89 bits per heavy atom. The summed E-state index contributed by atoms with van der Waals surface area (Å²) < 4.78 is 1.80. The van der Waals surface area contributed by atoms with Gasteiger partial charge in [0.2, 0.25) is 0 Å². The molecule has 2 N–H and O–H groups in total. The summed E-state index contributed by atoms with van der Waals surface area (Å²) in [5.74, 6) is -0.198. The second-order valence-corrected chi connectivity index (χ2v) is 4.69. The fraction of sp³-hybridized carbons (Fsp3) is 0.429. The third-order valence-corrected chi connectivity index (χ3v) is 3.28. The molecule has 2 aromatic heterocycles. The van der Waals surface area contributed by atoms with Crippen LogP contribution in [0, 0.1) is 13.8 Å². The number of hydrogen-bond acceptors (Lipinski definition) is 3. The Bertz CT molecular complexity index is 600. The van der Waals surface area contributed by atoms with Gasteiger partial charge in [0.15, 0.2) is 0 Å². The van der Waals surface area contributed by atoms with E-state index in [1.165, 1.54) is 0 Å². The third kappa shape index (κ3) is 2.46. The Balaban J connectivity index is 2.42. The number of amides is 1. The Labute approximate surface area is 112 Å². The smallest absolute Gasteiger partial charge is 0.270 e. The van der Waals surface area contributed by atoms with Crippen LogP contribution in [0.3, 0.4) is 0 Å². The van der Waals surface area contributed by atoms with Crippen molar-refractivity contribution in [3.05, 3.63) is 35.3 Å². The van der Waals surface area contributed by atoms with Gasteiger partial charge >= 0.3 is 0 Å². The fourth-order valence-electron chi connectivity index (χ4n) is 2.12. The molecule has 0 fully saturated rings. The summed E-state index contributed by atoms with van der Waals surface area (Å²) in [7, 11) is 0. The van der Waals surface area contributed by atoms with Gasteiger partial charge in [-0.1, -0.05) is 13.0 Å². The highest BCUT2D eigenvalue weighted by atomic mass is 16.3. The van der Waals surface area contributed by atoms with Crippen molar-refractivity contribution in [2.45, 2.75) is 33.2 Å². The quantitative estimate of drug-likeness (QED) is 0.875. The number of carbonyl (C=O) groups excluding carboxylic acids is 1. The van der Waals surface area contributed by atoms with E-state index in [4.69, 9.17) is 5.11 Å². The molecule has 2 aromatic rings. The van der Waals surface area contributed by atoms with Crippen molar-refractivity contribution in [2.24, 2.45) is 0 Å². The number of aliphatic hydroxyl groups excluding tert-OH is 1. The minimum atomic E-state index is -0.220. The number of rotatable bonds is 4. The van der Waals surface area contributed by atoms with Gasteiger partial charge in [-0.25, -0.2) is 4.98 Å². The van der Waals surface area contributed by atoms with Gasteiger partial charge in [-0.05, 0) is 31.9 Å². The summed E-state index contributed by atoms with van der Waals surface area (Å²) in [4.78, 5) is 16.7. The summed E-state index contributed by atoms with van der Waals surface area (Å²) in [5, 5.41) is 12.0. The lowest BCUT2D eigenvalue weighted by molar-refractivity contribution is 0.0908. The highest BCUT2D eigenvalue weighted by Crippen LogP contribution is 2.15. The standard InChI is InChI=1S/C14H19N3O2/c1-4-11(8-18)16-14(19)12-10(3)15-13-9(2)6-5-7-17(12)13/h5-7,11,18H,4,8H2,1-3H3,(H,16,19). The number of hydrogen-bond donors (Lipinski definition) is 2. The maximum absolute atomic E-state index is 12.3. The molecule has 0 aromatic carbocycles. The fourth-order valence-corrected chi connectivity index (χ4v) is 2.12. The van der Waals surface area contributed by atoms with Crippen LogP contribution in [-0.2, 0) is 0 Å². The summed E-state index contributed by atoms with van der Waals surface area (Å²) in [6.45, 7) is 5.65. The molecule has 1 amide bonds. The molecule has 2 rings (SSSR count). The van der Waals surface area contributed by atoms with Crippen molar-refractivity contribution in [3.63, 3.8) is 0 Å². The second kappa shape index (κ2) is 5.40. The summed E-state index contributed by atoms with van der Waals surface area (Å²) in [6, 6.07) is 3.64. The van der Waals surface area contributed by atoms with E-state index in [9.17, 15) is 4.79 Å². The lowest BCUT2D eigenvalue weighted by Gasteiger charge is -2.14. The molecule has 5 heteroatoms. The summed E-state index contributed by atoms with van der Waals surface area (Å²) >= 11 is 0. The van der Waals surface area contributed by atoms with Crippen LogP contribution in [0.25, 0.3) is 5.65 Å². The molecule has 0 aliphatic rings. The van der Waals surface area contributed by atoms with E-state index in [-0.39, 0.29) is 18.6 Å². The predicted octanol–water partition coefficient (Wildman–Crippen LogP) is 1.45. The zero-order chi connectivity index (χ0) is 14.0. The van der Waals surface area contributed by atoms with E-state index in [1.54, 1.807) is 4.40 Å². The highest BCUT2D eigenvalue weighted by molar-refractivity contribution is 5.95. The summed E-state index contributed by atoms with van der Waals surface area (Å²) in [6.07, 6.45) is 2.52. The van der Waals surface area contributed by atoms with Gasteiger partial charge in [-0.2, -0.15) is 0 Å². The molecule has 19 heavy (non-hydrogen) atoms. The zero-order valence-electron chi connectivity index (χ0n) is 11.5. The van der Waals surface area contributed by atoms with Crippen molar-refractivity contribution < 1.29 is 9.90 Å². The Hall–Kier alpha value is -1.88. The molecule has 0 saturated carbocycles. The molecule has 0 aliphatic carbocycles. The molecular formula is C14H19N3O2. The monoisotopic (exact) mass is 261 g/mol. The Kier molecular flexibility index (Phi) is 3.85. The molecule has 1 unspecified atom stereocenters. The van der Waals surface area contributed by atoms with E-state index in [0.29, 0.717) is 17.8 Å². The number of carbonyl (C=O) groups is 1. The van der Waals surface area contributed by atoms with Gasteiger partial charge in [0.25, 0.3) is 5.91 Å². The SMILES string of the molecule is CCC(CO)NC(=O)c1c(C)nc2c(C)cccn12. The topological polar surface area (TPSA) is 66.6 Å². The number of pyridine rings is 1. The number of aliphatic hydroxyl groups is 1. The molecule has 1 atom stereocenters. The third-order valence-electron chi connectivity index (χ3n) is 3.28. The lowest BCUT2D eigenvalue weighted by Crippen LogP contribution is -2.37. The maximum Gasteiger partial charge on any atom is 0.270 e. The number of nitrogens with one attached hydrogen (secondary N) is 1. The Morgan fingerprint density at radius 1 is 1.53 bits per heavy atom. The van der Waals surface area contributed by atoms with E-state index in [0.717, 1.165) is 11.2 Å². The normalized spacial score (nSPS) is 12.6. The first kappa shape index (κ1) is 13.5. The number of aromatic nitrogens is 2. The van der Waals surface area contributed by atoms with Gasteiger partial charge in [0.05, 0.1) is 18.3 Å². The summed E-state index contributed by atoms with van der Waals surface area (Å²) in [5.41, 5.74) is 3.05. The van der Waals surface area contributed by atoms with Gasteiger partial charge in [-0.15, -0.1) is 0 Å².